The van der Waals surface area contributed by atoms with Gasteiger partial charge in [0.15, 0.2) is 0 Å². The second-order valence-electron chi connectivity index (χ2n) is 7.73. The number of nitrogens with one attached hydrogen (secondary N) is 1. The first-order chi connectivity index (χ1) is 13.8. The van der Waals surface area contributed by atoms with Gasteiger partial charge in [-0.1, -0.05) is 37.6 Å². The fourth-order valence-corrected chi connectivity index (χ4v) is 3.09. The maximum absolute atomic E-state index is 12.1. The second kappa shape index (κ2) is 8.47. The first-order valence-electron chi connectivity index (χ1n) is 9.83. The number of rotatable bonds is 7. The lowest BCUT2D eigenvalue weighted by Gasteiger charge is -2.41. The van der Waals surface area contributed by atoms with Crippen LogP contribution in [-0.4, -0.2) is 24.5 Å². The van der Waals surface area contributed by atoms with Gasteiger partial charge in [0, 0.05) is 5.69 Å². The van der Waals surface area contributed by atoms with Crippen molar-refractivity contribution in [2.45, 2.75) is 40.0 Å². The number of amides is 3. The molecular formula is C23H26N2O4. The fraction of sp³-hybridized carbons (Fsp3) is 0.348. The molecule has 1 fully saturated rings. The van der Waals surface area contributed by atoms with E-state index >= 15 is 0 Å². The maximum atomic E-state index is 12.1. The zero-order chi connectivity index (χ0) is 21.0. The highest BCUT2D eigenvalue weighted by atomic mass is 16.5. The molecule has 29 heavy (non-hydrogen) atoms. The van der Waals surface area contributed by atoms with Gasteiger partial charge < -0.3 is 4.74 Å². The molecule has 2 aromatic rings. The van der Waals surface area contributed by atoms with Gasteiger partial charge in [0.05, 0.1) is 12.3 Å². The molecule has 6 heteroatoms. The van der Waals surface area contributed by atoms with Crippen molar-refractivity contribution in [3.05, 3.63) is 59.7 Å². The molecule has 1 aliphatic heterocycles. The molecule has 0 unspecified atom stereocenters. The lowest BCUT2D eigenvalue weighted by Crippen LogP contribution is -2.63. The number of carbonyl (C=O) groups is 3. The fourth-order valence-electron chi connectivity index (χ4n) is 3.09. The molecule has 1 aliphatic rings. The number of ether oxygens (including phenoxy) is 1. The molecule has 3 amide bonds. The molecule has 0 radical (unpaired) electrons. The molecule has 3 rings (SSSR count). The summed E-state index contributed by atoms with van der Waals surface area (Å²) in [4.78, 5) is 37.1. The Kier molecular flexibility index (Phi) is 6.01. The zero-order valence-corrected chi connectivity index (χ0v) is 17.0. The summed E-state index contributed by atoms with van der Waals surface area (Å²) in [6, 6.07) is 15.0. The quantitative estimate of drug-likeness (QED) is 0.425. The van der Waals surface area contributed by atoms with E-state index < -0.39 is 11.5 Å². The molecule has 152 valence electrons. The predicted molar refractivity (Wildman–Crippen MR) is 112 cm³/mol. The Morgan fingerprint density at radius 1 is 0.966 bits per heavy atom. The molecule has 0 spiro atoms. The Labute approximate surface area is 170 Å². The van der Waals surface area contributed by atoms with Gasteiger partial charge in [0.1, 0.15) is 5.41 Å². The molecular weight excluding hydrogens is 368 g/mol. The number of nitrogens with zero attached hydrogens (tertiary/aromatic N) is 1. The summed E-state index contributed by atoms with van der Waals surface area (Å²) >= 11 is 0. The topological polar surface area (TPSA) is 75.7 Å². The summed E-state index contributed by atoms with van der Waals surface area (Å²) in [5.41, 5.74) is 2.51. The van der Waals surface area contributed by atoms with Crippen LogP contribution in [0.5, 0.6) is 0 Å². The molecule has 6 nitrogen and oxygen atoms in total. The highest BCUT2D eigenvalue weighted by molar-refractivity contribution is 6.35. The smallest absolute Gasteiger partial charge is 0.411 e. The van der Waals surface area contributed by atoms with Crippen LogP contribution in [0.25, 0.3) is 0 Å². The number of anilines is 2. The molecule has 0 saturated carbocycles. The number of imide groups is 1. The van der Waals surface area contributed by atoms with E-state index in [4.69, 9.17) is 4.74 Å². The van der Waals surface area contributed by atoms with Gasteiger partial charge in [-0.15, -0.1) is 0 Å². The Morgan fingerprint density at radius 3 is 2.07 bits per heavy atom. The van der Waals surface area contributed by atoms with Crippen molar-refractivity contribution >= 4 is 29.3 Å². The van der Waals surface area contributed by atoms with Gasteiger partial charge >= 0.3 is 6.09 Å². The Hall–Kier alpha value is -3.15. The largest absolute Gasteiger partial charge is 0.449 e. The van der Waals surface area contributed by atoms with Crippen LogP contribution in [0.2, 0.25) is 0 Å². The maximum Gasteiger partial charge on any atom is 0.411 e. The average Bonchev–Trinajstić information content (AvgIpc) is 2.71. The summed E-state index contributed by atoms with van der Waals surface area (Å²) in [5, 5.41) is 2.71. The predicted octanol–water partition coefficient (Wildman–Crippen LogP) is 4.53. The minimum atomic E-state index is -0.920. The lowest BCUT2D eigenvalue weighted by atomic mass is 9.81. The third kappa shape index (κ3) is 4.47. The minimum Gasteiger partial charge on any atom is -0.449 e. The molecule has 0 bridgehead atoms. The highest BCUT2D eigenvalue weighted by Crippen LogP contribution is 2.36. The van der Waals surface area contributed by atoms with Crippen LogP contribution in [0.4, 0.5) is 16.2 Å². The number of hydrogen-bond acceptors (Lipinski definition) is 4. The third-order valence-corrected chi connectivity index (χ3v) is 5.01. The van der Waals surface area contributed by atoms with Crippen molar-refractivity contribution in [3.63, 3.8) is 0 Å². The van der Waals surface area contributed by atoms with E-state index in [1.165, 1.54) is 4.90 Å². The third-order valence-electron chi connectivity index (χ3n) is 5.01. The summed E-state index contributed by atoms with van der Waals surface area (Å²) in [7, 11) is 0. The van der Waals surface area contributed by atoms with E-state index in [2.05, 4.69) is 5.32 Å². The monoisotopic (exact) mass is 394 g/mol. The number of unbranched alkanes of at least 4 members (excludes halogenated alkanes) is 1. The first-order valence-corrected chi connectivity index (χ1v) is 9.83. The van der Waals surface area contributed by atoms with E-state index in [0.29, 0.717) is 24.4 Å². The number of β-lactam (4-membered cyclic amide) rings is 2. The van der Waals surface area contributed by atoms with Crippen molar-refractivity contribution in [3.8, 4) is 0 Å². The summed E-state index contributed by atoms with van der Waals surface area (Å²) in [5.74, 6) is -0.349. The van der Waals surface area contributed by atoms with Crippen LogP contribution in [-0.2, 0) is 20.7 Å². The van der Waals surface area contributed by atoms with Crippen molar-refractivity contribution < 1.29 is 19.1 Å². The summed E-state index contributed by atoms with van der Waals surface area (Å²) in [6.45, 7) is 5.75. The first kappa shape index (κ1) is 20.6. The Balaban J connectivity index is 1.56. The van der Waals surface area contributed by atoms with Crippen molar-refractivity contribution in [1.82, 2.24) is 0 Å². The Bertz CT molecular complexity index is 883. The van der Waals surface area contributed by atoms with E-state index in [1.807, 2.05) is 43.3 Å². The number of carbonyl (C=O) groups excluding carboxylic acids is 3. The molecule has 0 aromatic heterocycles. The van der Waals surface area contributed by atoms with Crippen molar-refractivity contribution in [1.29, 1.82) is 0 Å². The summed E-state index contributed by atoms with van der Waals surface area (Å²) in [6.07, 6.45) is 2.09. The van der Waals surface area contributed by atoms with Crippen LogP contribution in [0.15, 0.2) is 48.5 Å². The minimum absolute atomic E-state index is 0.174. The van der Waals surface area contributed by atoms with Gasteiger partial charge in [-0.05, 0) is 62.1 Å². The van der Waals surface area contributed by atoms with Crippen LogP contribution in [0.3, 0.4) is 0 Å². The molecule has 1 saturated heterocycles. The van der Waals surface area contributed by atoms with E-state index in [9.17, 15) is 14.4 Å². The van der Waals surface area contributed by atoms with Crippen LogP contribution in [0.1, 0.15) is 44.7 Å². The standard InChI is InChI=1S/C23H26N2O4/c1-4-5-14-29-22(28)24-18-10-6-16(7-11-18)15-17-8-12-19(13-9-17)25-20(26)23(2,3)21(25)27/h6-13H,4-5,14-15H2,1-3H3,(H,24,28). The molecule has 0 atom stereocenters. The normalized spacial score (nSPS) is 15.1. The zero-order valence-electron chi connectivity index (χ0n) is 17.0. The van der Waals surface area contributed by atoms with Crippen LogP contribution >= 0.6 is 0 Å². The summed E-state index contributed by atoms with van der Waals surface area (Å²) < 4.78 is 5.08. The van der Waals surface area contributed by atoms with E-state index in [1.54, 1.807) is 26.0 Å². The van der Waals surface area contributed by atoms with E-state index in [0.717, 1.165) is 24.0 Å². The molecule has 1 N–H and O–H groups in total. The van der Waals surface area contributed by atoms with Gasteiger partial charge in [-0.25, -0.2) is 9.69 Å². The van der Waals surface area contributed by atoms with Gasteiger partial charge in [0.2, 0.25) is 11.8 Å². The molecule has 1 heterocycles. The molecule has 2 aromatic carbocycles. The van der Waals surface area contributed by atoms with Crippen molar-refractivity contribution in [2.24, 2.45) is 5.41 Å². The van der Waals surface area contributed by atoms with Gasteiger partial charge in [0.25, 0.3) is 0 Å². The second-order valence-corrected chi connectivity index (χ2v) is 7.73. The Morgan fingerprint density at radius 2 is 1.52 bits per heavy atom. The van der Waals surface area contributed by atoms with Gasteiger partial charge in [-0.2, -0.15) is 0 Å². The van der Waals surface area contributed by atoms with Crippen LogP contribution in [0, 0.1) is 5.41 Å². The number of hydrogen-bond donors (Lipinski definition) is 1. The lowest BCUT2D eigenvalue weighted by molar-refractivity contribution is -0.149. The van der Waals surface area contributed by atoms with Gasteiger partial charge in [-0.3, -0.25) is 14.9 Å². The highest BCUT2D eigenvalue weighted by Gasteiger charge is 2.54. The van der Waals surface area contributed by atoms with Crippen LogP contribution < -0.4 is 10.2 Å². The van der Waals surface area contributed by atoms with Crippen molar-refractivity contribution in [2.75, 3.05) is 16.8 Å². The van der Waals surface area contributed by atoms with E-state index in [-0.39, 0.29) is 11.8 Å². The SMILES string of the molecule is CCCCOC(=O)Nc1ccc(Cc2ccc(N3C(=O)C(C)(C)C3=O)cc2)cc1. The average molecular weight is 394 g/mol. The number of benzene rings is 2. The molecule has 0 aliphatic carbocycles.